The molecule has 1 aliphatic rings. The number of nitriles is 1. The van der Waals surface area contributed by atoms with Crippen molar-refractivity contribution in [2.45, 2.75) is 30.7 Å². The molecule has 1 N–H and O–H groups in total. The number of hydrogen-bond donors (Lipinski definition) is 1. The van der Waals surface area contributed by atoms with Crippen molar-refractivity contribution < 1.29 is 9.50 Å². The Labute approximate surface area is 138 Å². The second kappa shape index (κ2) is 5.38. The highest BCUT2D eigenvalue weighted by molar-refractivity contribution is 6.31. The highest BCUT2D eigenvalue weighted by Gasteiger charge is 2.61. The molecule has 23 heavy (non-hydrogen) atoms. The summed E-state index contributed by atoms with van der Waals surface area (Å²) in [6.45, 7) is -0.151. The van der Waals surface area contributed by atoms with Gasteiger partial charge in [0.25, 0.3) is 0 Å². The summed E-state index contributed by atoms with van der Waals surface area (Å²) in [5.74, 6) is 2.45. The Morgan fingerprint density at radius 1 is 1.52 bits per heavy atom. The first-order chi connectivity index (χ1) is 10.9. The average molecular weight is 330 g/mol. The minimum Gasteiger partial charge on any atom is -0.380 e. The third kappa shape index (κ3) is 2.49. The maximum Gasteiger partial charge on any atom is 0.145 e. The first kappa shape index (κ1) is 15.6. The molecule has 1 aromatic carbocycles. The van der Waals surface area contributed by atoms with Crippen LogP contribution in [0.3, 0.4) is 0 Å². The van der Waals surface area contributed by atoms with Gasteiger partial charge in [-0.15, -0.1) is 6.42 Å². The number of imidazole rings is 1. The van der Waals surface area contributed by atoms with Crippen LogP contribution in [-0.4, -0.2) is 20.3 Å². The summed E-state index contributed by atoms with van der Waals surface area (Å²) in [5.41, 5.74) is -2.60. The number of rotatable bonds is 4. The molecule has 6 heteroatoms. The summed E-state index contributed by atoms with van der Waals surface area (Å²) in [6.07, 6.45) is 8.54. The Bertz CT molecular complexity index is 844. The van der Waals surface area contributed by atoms with Crippen molar-refractivity contribution in [1.29, 1.82) is 5.26 Å². The Morgan fingerprint density at radius 2 is 2.26 bits per heavy atom. The zero-order chi connectivity index (χ0) is 16.7. The first-order valence-corrected chi connectivity index (χ1v) is 7.39. The van der Waals surface area contributed by atoms with Gasteiger partial charge in [-0.2, -0.15) is 5.26 Å². The van der Waals surface area contributed by atoms with E-state index in [0.717, 1.165) is 0 Å². The molecule has 0 saturated heterocycles. The zero-order valence-electron chi connectivity index (χ0n) is 12.1. The summed E-state index contributed by atoms with van der Waals surface area (Å²) in [7, 11) is 0. The van der Waals surface area contributed by atoms with Crippen LogP contribution >= 0.6 is 11.6 Å². The number of hydrogen-bond acceptors (Lipinski definition) is 3. The van der Waals surface area contributed by atoms with E-state index in [1.165, 1.54) is 23.2 Å². The smallest absolute Gasteiger partial charge is 0.145 e. The molecule has 0 radical (unpaired) electrons. The number of alkyl halides is 1. The molecule has 3 rings (SSSR count). The summed E-state index contributed by atoms with van der Waals surface area (Å²) in [4.78, 5) is 3.87. The van der Waals surface area contributed by atoms with Crippen LogP contribution in [0.25, 0.3) is 0 Å². The van der Waals surface area contributed by atoms with E-state index >= 15 is 0 Å². The highest BCUT2D eigenvalue weighted by atomic mass is 35.5. The molecule has 0 aliphatic heterocycles. The number of halogens is 2. The van der Waals surface area contributed by atoms with Crippen LogP contribution in [0.5, 0.6) is 0 Å². The normalized spacial score (nSPS) is 17.8. The topological polar surface area (TPSA) is 61.8 Å². The van der Waals surface area contributed by atoms with E-state index in [4.69, 9.17) is 23.3 Å². The molecule has 1 saturated carbocycles. The van der Waals surface area contributed by atoms with Gasteiger partial charge in [-0.05, 0) is 25.0 Å². The van der Waals surface area contributed by atoms with Crippen molar-refractivity contribution in [2.75, 3.05) is 0 Å². The van der Waals surface area contributed by atoms with Crippen LogP contribution in [0, 0.1) is 23.7 Å². The third-order valence-corrected chi connectivity index (χ3v) is 4.55. The minimum atomic E-state index is -1.86. The molecule has 4 nitrogen and oxygen atoms in total. The Kier molecular flexibility index (Phi) is 3.64. The number of benzene rings is 1. The van der Waals surface area contributed by atoms with Crippen LogP contribution in [0.15, 0.2) is 30.7 Å². The lowest BCUT2D eigenvalue weighted by Crippen LogP contribution is -2.43. The summed E-state index contributed by atoms with van der Waals surface area (Å²) in [5, 5.41) is 20.4. The van der Waals surface area contributed by atoms with Gasteiger partial charge in [0.05, 0.1) is 19.1 Å². The summed E-state index contributed by atoms with van der Waals surface area (Å²) in [6, 6.07) is 6.63. The molecule has 1 aromatic heterocycles. The van der Waals surface area contributed by atoms with E-state index < -0.39 is 11.3 Å². The van der Waals surface area contributed by atoms with Gasteiger partial charge in [-0.3, -0.25) is 0 Å². The lowest BCUT2D eigenvalue weighted by molar-refractivity contribution is -0.0697. The number of aromatic nitrogens is 2. The first-order valence-electron chi connectivity index (χ1n) is 7.02. The minimum absolute atomic E-state index is 0.151. The van der Waals surface area contributed by atoms with Crippen LogP contribution in [0.2, 0.25) is 5.02 Å². The van der Waals surface area contributed by atoms with Gasteiger partial charge >= 0.3 is 0 Å². The molecule has 1 heterocycles. The maximum atomic E-state index is 15.0. The zero-order valence-corrected chi connectivity index (χ0v) is 12.9. The summed E-state index contributed by atoms with van der Waals surface area (Å²) >= 11 is 6.23. The van der Waals surface area contributed by atoms with Crippen molar-refractivity contribution in [3.63, 3.8) is 0 Å². The molecule has 1 fully saturated rings. The molecular formula is C17H13ClFN3O. The van der Waals surface area contributed by atoms with Crippen LogP contribution in [0.1, 0.15) is 29.7 Å². The largest absolute Gasteiger partial charge is 0.380 e. The second-order valence-corrected chi connectivity index (χ2v) is 6.09. The standard InChI is InChI=1S/C17H13ClFN3O/c1-2-12-3-4-14(15(18)7-12)17(23,16(19)5-6-16)10-22-11-21-9-13(22)8-20/h1,3-4,7,9,11,23H,5-6,10H2. The number of nitrogens with zero attached hydrogens (tertiary/aromatic N) is 3. The van der Waals surface area contributed by atoms with Crippen LogP contribution < -0.4 is 0 Å². The van der Waals surface area contributed by atoms with Crippen molar-refractivity contribution in [2.24, 2.45) is 0 Å². The highest BCUT2D eigenvalue weighted by Crippen LogP contribution is 2.55. The van der Waals surface area contributed by atoms with Gasteiger partial charge in [0.1, 0.15) is 23.0 Å². The molecule has 0 spiro atoms. The molecule has 0 bridgehead atoms. The SMILES string of the molecule is C#Cc1ccc(C(O)(Cn2cncc2C#N)C2(F)CC2)c(Cl)c1. The third-order valence-electron chi connectivity index (χ3n) is 4.24. The van der Waals surface area contributed by atoms with Gasteiger partial charge in [0.15, 0.2) is 0 Å². The molecule has 1 atom stereocenters. The quantitative estimate of drug-likeness (QED) is 0.877. The Balaban J connectivity index is 2.09. The van der Waals surface area contributed by atoms with E-state index in [1.807, 2.05) is 6.07 Å². The van der Waals surface area contributed by atoms with Gasteiger partial charge in [-0.25, -0.2) is 9.37 Å². The molecule has 1 aliphatic carbocycles. The summed E-state index contributed by atoms with van der Waals surface area (Å²) < 4.78 is 16.4. The molecule has 1 unspecified atom stereocenters. The van der Waals surface area contributed by atoms with E-state index in [9.17, 15) is 9.50 Å². The Hall–Kier alpha value is -2.34. The molecule has 0 amide bonds. The van der Waals surface area contributed by atoms with Gasteiger partial charge in [0.2, 0.25) is 0 Å². The van der Waals surface area contributed by atoms with Crippen molar-refractivity contribution in [1.82, 2.24) is 9.55 Å². The van der Waals surface area contributed by atoms with Crippen molar-refractivity contribution in [3.05, 3.63) is 52.6 Å². The lowest BCUT2D eigenvalue weighted by Gasteiger charge is -2.33. The van der Waals surface area contributed by atoms with Crippen LogP contribution in [0.4, 0.5) is 4.39 Å². The fraction of sp³-hybridized carbons (Fsp3) is 0.294. The lowest BCUT2D eigenvalue weighted by atomic mass is 9.86. The fourth-order valence-corrected chi connectivity index (χ4v) is 3.06. The molecular weight excluding hydrogens is 317 g/mol. The van der Waals surface area contributed by atoms with E-state index in [1.54, 1.807) is 12.1 Å². The molecule has 116 valence electrons. The number of terminal acetylenes is 1. The second-order valence-electron chi connectivity index (χ2n) is 5.68. The monoisotopic (exact) mass is 329 g/mol. The average Bonchev–Trinajstić information content (AvgIpc) is 3.14. The molecule has 2 aromatic rings. The number of aliphatic hydroxyl groups is 1. The van der Waals surface area contributed by atoms with E-state index in [0.29, 0.717) is 5.56 Å². The maximum absolute atomic E-state index is 15.0. The van der Waals surface area contributed by atoms with E-state index in [-0.39, 0.29) is 35.7 Å². The van der Waals surface area contributed by atoms with Crippen molar-refractivity contribution >= 4 is 11.6 Å². The van der Waals surface area contributed by atoms with E-state index in [2.05, 4.69) is 10.9 Å². The predicted octanol–water partition coefficient (Wildman–Crippen LogP) is 2.78. The van der Waals surface area contributed by atoms with Gasteiger partial charge in [0, 0.05) is 16.1 Å². The fourth-order valence-electron chi connectivity index (χ4n) is 2.72. The van der Waals surface area contributed by atoms with Crippen LogP contribution in [-0.2, 0) is 12.1 Å². The predicted molar refractivity (Wildman–Crippen MR) is 83.3 cm³/mol. The Morgan fingerprint density at radius 3 is 2.83 bits per heavy atom. The van der Waals surface area contributed by atoms with Gasteiger partial charge < -0.3 is 9.67 Å². The van der Waals surface area contributed by atoms with Crippen molar-refractivity contribution in [3.8, 4) is 18.4 Å². The van der Waals surface area contributed by atoms with Gasteiger partial charge in [-0.1, -0.05) is 23.6 Å².